The van der Waals surface area contributed by atoms with Crippen LogP contribution in [0.4, 0.5) is 5.13 Å². The molecule has 0 atom stereocenters. The zero-order valence-corrected chi connectivity index (χ0v) is 17.5. The van der Waals surface area contributed by atoms with Gasteiger partial charge < -0.3 is 5.32 Å². The van der Waals surface area contributed by atoms with Crippen molar-refractivity contribution < 1.29 is 13.2 Å². The number of amides is 1. The van der Waals surface area contributed by atoms with Gasteiger partial charge in [-0.1, -0.05) is 34.5 Å². The van der Waals surface area contributed by atoms with Crippen LogP contribution in [0, 0.1) is 6.92 Å². The second-order valence-corrected chi connectivity index (χ2v) is 10.0. The molecule has 3 rings (SSSR count). The number of halogens is 2. The van der Waals surface area contributed by atoms with Gasteiger partial charge in [-0.3, -0.25) is 4.79 Å². The Hall–Kier alpha value is -1.67. The third kappa shape index (κ3) is 4.99. The summed E-state index contributed by atoms with van der Waals surface area (Å²) in [6.07, 6.45) is 0.301. The predicted molar refractivity (Wildman–Crippen MR) is 111 cm³/mol. The van der Waals surface area contributed by atoms with E-state index in [4.69, 9.17) is 23.2 Å². The molecule has 0 saturated heterocycles. The summed E-state index contributed by atoms with van der Waals surface area (Å²) in [4.78, 5) is 16.7. The fourth-order valence-electron chi connectivity index (χ4n) is 2.57. The van der Waals surface area contributed by atoms with Gasteiger partial charge in [0.15, 0.2) is 15.0 Å². The molecule has 0 aliphatic heterocycles. The number of aryl methyl sites for hydroxylation is 1. The van der Waals surface area contributed by atoms with E-state index >= 15 is 0 Å². The third-order valence-electron chi connectivity index (χ3n) is 3.89. The number of hydrogen-bond donors (Lipinski definition) is 1. The number of benzene rings is 2. The molecular formula is C18H16Cl2N2O3S2. The van der Waals surface area contributed by atoms with E-state index in [0.717, 1.165) is 15.8 Å². The molecule has 0 saturated carbocycles. The Kier molecular flexibility index (Phi) is 6.05. The maximum atomic E-state index is 12.3. The molecule has 142 valence electrons. The topological polar surface area (TPSA) is 76.1 Å². The van der Waals surface area contributed by atoms with Gasteiger partial charge in [-0.15, -0.1) is 0 Å². The Labute approximate surface area is 171 Å². The fourth-order valence-corrected chi connectivity index (χ4v) is 5.35. The van der Waals surface area contributed by atoms with Crippen molar-refractivity contribution in [3.63, 3.8) is 0 Å². The van der Waals surface area contributed by atoms with E-state index in [0.29, 0.717) is 15.2 Å². The Morgan fingerprint density at radius 3 is 2.56 bits per heavy atom. The molecule has 1 aromatic heterocycles. The molecule has 1 amide bonds. The summed E-state index contributed by atoms with van der Waals surface area (Å²) in [6.45, 7) is 1.90. The molecule has 1 heterocycles. The minimum Gasteiger partial charge on any atom is -0.302 e. The number of carbonyl (C=O) groups is 1. The van der Waals surface area contributed by atoms with Crippen LogP contribution in [0.2, 0.25) is 10.0 Å². The summed E-state index contributed by atoms with van der Waals surface area (Å²) >= 11 is 13.1. The number of anilines is 1. The van der Waals surface area contributed by atoms with Gasteiger partial charge in [-0.2, -0.15) is 0 Å². The number of aromatic nitrogens is 1. The van der Waals surface area contributed by atoms with Crippen LogP contribution in [0.1, 0.15) is 18.4 Å². The van der Waals surface area contributed by atoms with Crippen molar-refractivity contribution in [1.82, 2.24) is 4.98 Å². The summed E-state index contributed by atoms with van der Waals surface area (Å²) in [5.74, 6) is -0.388. The largest absolute Gasteiger partial charge is 0.302 e. The number of carbonyl (C=O) groups excluding carboxylic acids is 1. The Morgan fingerprint density at radius 1 is 1.15 bits per heavy atom. The van der Waals surface area contributed by atoms with Crippen LogP contribution < -0.4 is 5.32 Å². The van der Waals surface area contributed by atoms with Gasteiger partial charge in [0.05, 0.1) is 20.9 Å². The summed E-state index contributed by atoms with van der Waals surface area (Å²) in [6, 6.07) is 9.61. The average Bonchev–Trinajstić information content (AvgIpc) is 2.97. The van der Waals surface area contributed by atoms with E-state index in [1.165, 1.54) is 35.6 Å². The number of thiazole rings is 1. The van der Waals surface area contributed by atoms with Crippen LogP contribution in [0.25, 0.3) is 10.2 Å². The molecule has 9 heteroatoms. The molecule has 0 aliphatic carbocycles. The molecule has 3 aromatic rings. The quantitative estimate of drug-likeness (QED) is 0.575. The number of rotatable bonds is 6. The van der Waals surface area contributed by atoms with Crippen molar-refractivity contribution >= 4 is 65.6 Å². The molecule has 0 fully saturated rings. The number of sulfone groups is 1. The van der Waals surface area contributed by atoms with Gasteiger partial charge >= 0.3 is 0 Å². The van der Waals surface area contributed by atoms with Crippen molar-refractivity contribution in [1.29, 1.82) is 0 Å². The molecule has 0 radical (unpaired) electrons. The molecule has 2 aromatic carbocycles. The number of hydrogen-bond acceptors (Lipinski definition) is 5. The van der Waals surface area contributed by atoms with E-state index in [2.05, 4.69) is 10.3 Å². The summed E-state index contributed by atoms with van der Waals surface area (Å²) in [5, 5.41) is 4.29. The molecule has 0 aliphatic rings. The maximum Gasteiger partial charge on any atom is 0.226 e. The van der Waals surface area contributed by atoms with Gasteiger partial charge in [0.2, 0.25) is 5.91 Å². The molecule has 0 bridgehead atoms. The molecule has 5 nitrogen and oxygen atoms in total. The van der Waals surface area contributed by atoms with Crippen molar-refractivity contribution in [2.75, 3.05) is 11.1 Å². The summed E-state index contributed by atoms with van der Waals surface area (Å²) in [5.41, 5.74) is 1.73. The first-order valence-corrected chi connectivity index (χ1v) is 11.3. The Morgan fingerprint density at radius 2 is 1.85 bits per heavy atom. The minimum atomic E-state index is -3.44. The van der Waals surface area contributed by atoms with Crippen molar-refractivity contribution in [2.24, 2.45) is 0 Å². The lowest BCUT2D eigenvalue weighted by molar-refractivity contribution is -0.116. The molecule has 27 heavy (non-hydrogen) atoms. The zero-order chi connectivity index (χ0) is 19.6. The first-order valence-electron chi connectivity index (χ1n) is 8.09. The predicted octanol–water partition coefficient (Wildman–Crippen LogP) is 5.10. The highest BCUT2D eigenvalue weighted by Gasteiger charge is 2.16. The van der Waals surface area contributed by atoms with Gasteiger partial charge in [0.1, 0.15) is 0 Å². The van der Waals surface area contributed by atoms with Crippen LogP contribution >= 0.6 is 34.5 Å². The van der Waals surface area contributed by atoms with Crippen LogP contribution in [-0.4, -0.2) is 25.1 Å². The normalized spacial score (nSPS) is 11.7. The first kappa shape index (κ1) is 20.1. The fraction of sp³-hybridized carbons (Fsp3) is 0.222. The molecule has 0 spiro atoms. The Bertz CT molecular complexity index is 1090. The first-order chi connectivity index (χ1) is 12.7. The van der Waals surface area contributed by atoms with Gasteiger partial charge in [-0.05, 0) is 55.3 Å². The van der Waals surface area contributed by atoms with Gasteiger partial charge in [0.25, 0.3) is 0 Å². The molecule has 0 unspecified atom stereocenters. The highest BCUT2D eigenvalue weighted by atomic mass is 35.5. The standard InChI is InChI=1S/C18H16Cl2N2O3S2/c1-11-9-13(20)10-15-17(11)22-18(26-15)21-16(23)3-2-8-27(24,25)14-6-4-12(19)5-7-14/h4-7,9-10H,2-3,8H2,1H3,(H,21,22,23). The SMILES string of the molecule is Cc1cc(Cl)cc2sc(NC(=O)CCCS(=O)(=O)c3ccc(Cl)cc3)nc12. The minimum absolute atomic E-state index is 0.0858. The average molecular weight is 443 g/mol. The van der Waals surface area contributed by atoms with Crippen LogP contribution in [0.5, 0.6) is 0 Å². The zero-order valence-electron chi connectivity index (χ0n) is 14.3. The van der Waals surface area contributed by atoms with Gasteiger partial charge in [0, 0.05) is 16.5 Å². The number of nitrogens with zero attached hydrogens (tertiary/aromatic N) is 1. The van der Waals surface area contributed by atoms with E-state index in [9.17, 15) is 13.2 Å². The van der Waals surface area contributed by atoms with Crippen LogP contribution in [-0.2, 0) is 14.6 Å². The molecule has 1 N–H and O–H groups in total. The lowest BCUT2D eigenvalue weighted by atomic mass is 10.2. The van der Waals surface area contributed by atoms with E-state index < -0.39 is 9.84 Å². The smallest absolute Gasteiger partial charge is 0.226 e. The summed E-state index contributed by atoms with van der Waals surface area (Å²) < 4.78 is 25.4. The van der Waals surface area contributed by atoms with Crippen molar-refractivity contribution in [2.45, 2.75) is 24.7 Å². The Balaban J connectivity index is 1.58. The van der Waals surface area contributed by atoms with Gasteiger partial charge in [-0.25, -0.2) is 13.4 Å². The highest BCUT2D eigenvalue weighted by molar-refractivity contribution is 7.91. The van der Waals surface area contributed by atoms with Crippen molar-refractivity contribution in [3.05, 3.63) is 52.0 Å². The molecular weight excluding hydrogens is 427 g/mol. The second-order valence-electron chi connectivity index (χ2n) is 6.01. The number of fused-ring (bicyclic) bond motifs is 1. The third-order valence-corrected chi connectivity index (χ3v) is 7.09. The van der Waals surface area contributed by atoms with E-state index in [1.807, 2.05) is 13.0 Å². The maximum absolute atomic E-state index is 12.3. The summed E-state index contributed by atoms with van der Waals surface area (Å²) in [7, 11) is -3.44. The van der Waals surface area contributed by atoms with Crippen LogP contribution in [0.15, 0.2) is 41.3 Å². The van der Waals surface area contributed by atoms with Crippen molar-refractivity contribution in [3.8, 4) is 0 Å². The van der Waals surface area contributed by atoms with E-state index in [1.54, 1.807) is 6.07 Å². The van der Waals surface area contributed by atoms with Crippen LogP contribution in [0.3, 0.4) is 0 Å². The lowest BCUT2D eigenvalue weighted by Gasteiger charge is -2.05. The second kappa shape index (κ2) is 8.14. The van der Waals surface area contributed by atoms with E-state index in [-0.39, 0.29) is 29.4 Å². The lowest BCUT2D eigenvalue weighted by Crippen LogP contribution is -2.14. The number of nitrogens with one attached hydrogen (secondary N) is 1. The monoisotopic (exact) mass is 442 g/mol. The highest BCUT2D eigenvalue weighted by Crippen LogP contribution is 2.31.